The second-order valence-corrected chi connectivity index (χ2v) is 6.33. The largest absolute Gasteiger partial charge is 0.373 e. The van der Waals surface area contributed by atoms with Crippen LogP contribution < -0.4 is 10.6 Å². The highest BCUT2D eigenvalue weighted by Crippen LogP contribution is 2.34. The highest BCUT2D eigenvalue weighted by atomic mass is 127. The van der Waals surface area contributed by atoms with E-state index < -0.39 is 0 Å². The summed E-state index contributed by atoms with van der Waals surface area (Å²) in [5, 5.41) is 10.9. The fourth-order valence-electron chi connectivity index (χ4n) is 3.47. The van der Waals surface area contributed by atoms with Gasteiger partial charge in [-0.1, -0.05) is 35.5 Å². The van der Waals surface area contributed by atoms with Gasteiger partial charge >= 0.3 is 0 Å². The van der Waals surface area contributed by atoms with Crippen molar-refractivity contribution in [3.8, 4) is 11.3 Å². The average Bonchev–Trinajstić information content (AvgIpc) is 3.36. The topological polar surface area (TPSA) is 71.7 Å². The molecule has 3 unspecified atom stereocenters. The minimum Gasteiger partial charge on any atom is -0.373 e. The molecule has 3 heterocycles. The molecule has 6 nitrogen and oxygen atoms in total. The number of nitrogens with zero attached hydrogens (tertiary/aromatic N) is 2. The molecule has 4 rings (SSSR count). The van der Waals surface area contributed by atoms with Crippen LogP contribution in [0.4, 0.5) is 0 Å². The molecule has 2 aliphatic heterocycles. The predicted molar refractivity (Wildman–Crippen MR) is 107 cm³/mol. The molecule has 1 aromatic carbocycles. The average molecular weight is 454 g/mol. The Kier molecular flexibility index (Phi) is 5.95. The molecule has 2 saturated heterocycles. The summed E-state index contributed by atoms with van der Waals surface area (Å²) in [4.78, 5) is 4.30. The van der Waals surface area contributed by atoms with E-state index in [1.165, 1.54) is 6.42 Å². The Morgan fingerprint density at radius 1 is 1.28 bits per heavy atom. The van der Waals surface area contributed by atoms with E-state index >= 15 is 0 Å². The molecule has 2 N–H and O–H groups in total. The molecule has 0 aliphatic carbocycles. The van der Waals surface area contributed by atoms with E-state index in [9.17, 15) is 0 Å². The van der Waals surface area contributed by atoms with E-state index in [0.717, 1.165) is 35.8 Å². The number of guanidine groups is 1. The second-order valence-electron chi connectivity index (χ2n) is 6.33. The Balaban J connectivity index is 0.00000182. The normalized spacial score (nSPS) is 24.8. The van der Waals surface area contributed by atoms with Crippen LogP contribution in [0.5, 0.6) is 0 Å². The van der Waals surface area contributed by atoms with Crippen molar-refractivity contribution in [1.82, 2.24) is 15.8 Å². The van der Waals surface area contributed by atoms with Crippen molar-refractivity contribution in [3.63, 3.8) is 0 Å². The Labute approximate surface area is 164 Å². The molecule has 2 bridgehead atoms. The molecule has 0 spiro atoms. The number of hydrogen-bond donors (Lipinski definition) is 2. The molecule has 0 amide bonds. The van der Waals surface area contributed by atoms with Crippen LogP contribution in [0, 0.1) is 0 Å². The van der Waals surface area contributed by atoms with Crippen LogP contribution in [0.15, 0.2) is 45.9 Å². The van der Waals surface area contributed by atoms with Crippen LogP contribution in [0.3, 0.4) is 0 Å². The summed E-state index contributed by atoms with van der Waals surface area (Å²) in [5.74, 6) is 1.55. The van der Waals surface area contributed by atoms with Crippen molar-refractivity contribution in [2.75, 3.05) is 7.05 Å². The first kappa shape index (κ1) is 18.2. The lowest BCUT2D eigenvalue weighted by Crippen LogP contribution is -2.47. The van der Waals surface area contributed by atoms with Gasteiger partial charge in [-0.15, -0.1) is 24.0 Å². The molecule has 2 fully saturated rings. The molecule has 25 heavy (non-hydrogen) atoms. The maximum Gasteiger partial charge on any atom is 0.191 e. The minimum absolute atomic E-state index is 0. The monoisotopic (exact) mass is 454 g/mol. The number of nitrogens with one attached hydrogen (secondary N) is 2. The summed E-state index contributed by atoms with van der Waals surface area (Å²) in [6, 6.07) is 12.3. The van der Waals surface area contributed by atoms with E-state index in [4.69, 9.17) is 9.26 Å². The zero-order valence-corrected chi connectivity index (χ0v) is 16.5. The smallest absolute Gasteiger partial charge is 0.191 e. The lowest BCUT2D eigenvalue weighted by atomic mass is 9.96. The quantitative estimate of drug-likeness (QED) is 0.423. The highest BCUT2D eigenvalue weighted by molar-refractivity contribution is 14.0. The molecule has 0 saturated carbocycles. The van der Waals surface area contributed by atoms with Crippen molar-refractivity contribution in [1.29, 1.82) is 0 Å². The first-order valence-corrected chi connectivity index (χ1v) is 8.45. The fourth-order valence-corrected chi connectivity index (χ4v) is 3.47. The number of aliphatic imine (C=N–C) groups is 1. The van der Waals surface area contributed by atoms with Gasteiger partial charge < -0.3 is 19.9 Å². The van der Waals surface area contributed by atoms with E-state index in [-0.39, 0.29) is 24.0 Å². The van der Waals surface area contributed by atoms with Gasteiger partial charge in [-0.3, -0.25) is 4.99 Å². The Hall–Kier alpha value is -1.61. The van der Waals surface area contributed by atoms with Crippen molar-refractivity contribution in [3.05, 3.63) is 42.1 Å². The molecule has 134 valence electrons. The highest BCUT2D eigenvalue weighted by Gasteiger charge is 2.41. The lowest BCUT2D eigenvalue weighted by Gasteiger charge is -2.22. The zero-order valence-electron chi connectivity index (χ0n) is 14.1. The second kappa shape index (κ2) is 8.18. The third kappa shape index (κ3) is 4.14. The molecule has 1 aromatic heterocycles. The number of ether oxygens (including phenoxy) is 1. The third-order valence-electron chi connectivity index (χ3n) is 4.71. The van der Waals surface area contributed by atoms with Crippen LogP contribution in [0.1, 0.15) is 25.0 Å². The Morgan fingerprint density at radius 3 is 2.80 bits per heavy atom. The number of hydrogen-bond acceptors (Lipinski definition) is 4. The van der Waals surface area contributed by atoms with Crippen LogP contribution >= 0.6 is 24.0 Å². The SMILES string of the molecule is CN=C(NCc1cc(-c2ccccc2)on1)NC1CC2CCC1O2.I. The van der Waals surface area contributed by atoms with Gasteiger partial charge in [-0.05, 0) is 19.3 Å². The summed E-state index contributed by atoms with van der Waals surface area (Å²) >= 11 is 0. The van der Waals surface area contributed by atoms with Crippen molar-refractivity contribution < 1.29 is 9.26 Å². The Bertz CT molecular complexity index is 719. The maximum absolute atomic E-state index is 5.87. The summed E-state index contributed by atoms with van der Waals surface area (Å²) in [6.45, 7) is 0.567. The number of rotatable bonds is 4. The first-order chi connectivity index (χ1) is 11.8. The predicted octanol–water partition coefficient (Wildman–Crippen LogP) is 2.94. The third-order valence-corrected chi connectivity index (χ3v) is 4.71. The number of aromatic nitrogens is 1. The maximum atomic E-state index is 5.87. The molecule has 0 radical (unpaired) electrons. The summed E-state index contributed by atoms with van der Waals surface area (Å²) in [5.41, 5.74) is 1.87. The summed E-state index contributed by atoms with van der Waals surface area (Å²) < 4.78 is 11.3. The van der Waals surface area contributed by atoms with Crippen LogP contribution in [-0.2, 0) is 11.3 Å². The summed E-state index contributed by atoms with van der Waals surface area (Å²) in [6.07, 6.45) is 4.15. The first-order valence-electron chi connectivity index (χ1n) is 8.45. The van der Waals surface area contributed by atoms with Gasteiger partial charge in [-0.2, -0.15) is 0 Å². The van der Waals surface area contributed by atoms with Crippen molar-refractivity contribution in [2.24, 2.45) is 4.99 Å². The van der Waals surface area contributed by atoms with Gasteiger partial charge in [0.05, 0.1) is 24.8 Å². The fraction of sp³-hybridized carbons (Fsp3) is 0.444. The standard InChI is InChI=1S/C18H22N4O2.HI/c1-19-18(21-15-10-14-7-8-16(15)23-14)20-11-13-9-17(24-22-13)12-5-3-2-4-6-12;/h2-6,9,14-16H,7-8,10-11H2,1H3,(H2,19,20,21);1H. The molecular formula is C18H23IN4O2. The van der Waals surface area contributed by atoms with Crippen molar-refractivity contribution >= 4 is 29.9 Å². The van der Waals surface area contributed by atoms with Gasteiger partial charge in [0.2, 0.25) is 0 Å². The molecule has 7 heteroatoms. The van der Waals surface area contributed by atoms with E-state index in [2.05, 4.69) is 20.8 Å². The van der Waals surface area contributed by atoms with Gasteiger partial charge in [0.15, 0.2) is 11.7 Å². The lowest BCUT2D eigenvalue weighted by molar-refractivity contribution is 0.0992. The van der Waals surface area contributed by atoms with E-state index in [0.29, 0.717) is 24.8 Å². The van der Waals surface area contributed by atoms with Gasteiger partial charge in [0.25, 0.3) is 0 Å². The van der Waals surface area contributed by atoms with Crippen LogP contribution in [0.25, 0.3) is 11.3 Å². The Morgan fingerprint density at radius 2 is 2.12 bits per heavy atom. The minimum atomic E-state index is 0. The molecule has 2 aliphatic rings. The summed E-state index contributed by atoms with van der Waals surface area (Å²) in [7, 11) is 1.78. The molecule has 3 atom stereocenters. The van der Waals surface area contributed by atoms with Crippen LogP contribution in [-0.4, -0.2) is 36.4 Å². The van der Waals surface area contributed by atoms with Crippen molar-refractivity contribution in [2.45, 2.75) is 44.1 Å². The van der Waals surface area contributed by atoms with Crippen LogP contribution in [0.2, 0.25) is 0 Å². The molecular weight excluding hydrogens is 431 g/mol. The van der Waals surface area contributed by atoms with Gasteiger partial charge in [0.1, 0.15) is 5.69 Å². The van der Waals surface area contributed by atoms with E-state index in [1.807, 2.05) is 36.4 Å². The molecule has 2 aromatic rings. The number of benzene rings is 1. The van der Waals surface area contributed by atoms with E-state index in [1.54, 1.807) is 7.05 Å². The van der Waals surface area contributed by atoms with Gasteiger partial charge in [-0.25, -0.2) is 0 Å². The number of fused-ring (bicyclic) bond motifs is 2. The number of halogens is 1. The zero-order chi connectivity index (χ0) is 16.4. The van der Waals surface area contributed by atoms with Gasteiger partial charge in [0, 0.05) is 18.7 Å².